The van der Waals surface area contributed by atoms with Crippen LogP contribution in [-0.4, -0.2) is 5.78 Å². The van der Waals surface area contributed by atoms with Crippen LogP contribution in [0.1, 0.15) is 27.0 Å². The summed E-state index contributed by atoms with van der Waals surface area (Å²) in [6.45, 7) is 3.97. The number of rotatable bonds is 2. The number of hydrogen-bond donors (Lipinski definition) is 0. The quantitative estimate of drug-likeness (QED) is 0.466. The highest BCUT2D eigenvalue weighted by Gasteiger charge is 2.14. The van der Waals surface area contributed by atoms with Gasteiger partial charge in [-0.15, -0.1) is 0 Å². The Morgan fingerprint density at radius 2 is 1.22 bits per heavy atom. The molecule has 0 fully saturated rings. The minimum absolute atomic E-state index is 0.109. The molecular weight excluding hydrogens is 450 g/mol. The number of aryl methyl sites for hydroxylation is 2. The van der Waals surface area contributed by atoms with Gasteiger partial charge < -0.3 is 0 Å². The van der Waals surface area contributed by atoms with Gasteiger partial charge in [0, 0.05) is 18.3 Å². The zero-order valence-corrected chi connectivity index (χ0v) is 14.4. The van der Waals surface area contributed by atoms with Gasteiger partial charge in [0.1, 0.15) is 0 Å². The maximum Gasteiger partial charge on any atom is 0.193 e. The summed E-state index contributed by atoms with van der Waals surface area (Å²) in [5.74, 6) is 0.109. The summed E-state index contributed by atoms with van der Waals surface area (Å²) < 4.78 is 2.31. The van der Waals surface area contributed by atoms with Crippen molar-refractivity contribution in [1.82, 2.24) is 0 Å². The molecule has 0 aliphatic heterocycles. The maximum absolute atomic E-state index is 12.5. The Morgan fingerprint density at radius 3 is 1.56 bits per heavy atom. The Labute approximate surface area is 134 Å². The lowest BCUT2D eigenvalue weighted by Gasteiger charge is -2.08. The van der Waals surface area contributed by atoms with Crippen LogP contribution in [0.2, 0.25) is 0 Å². The molecule has 0 saturated heterocycles. The van der Waals surface area contributed by atoms with Crippen LogP contribution in [0.25, 0.3) is 0 Å². The zero-order chi connectivity index (χ0) is 13.3. The Balaban J connectivity index is 2.48. The molecule has 0 aromatic heterocycles. The largest absolute Gasteiger partial charge is 0.289 e. The van der Waals surface area contributed by atoms with Gasteiger partial charge in [-0.1, -0.05) is 0 Å². The standard InChI is InChI=1S/C15H12I2O/c1-9-7-11(16)3-5-13(9)15(18)14-6-4-12(17)8-10(14)2/h3-8H,1-2H3. The molecule has 2 aromatic rings. The van der Waals surface area contributed by atoms with Gasteiger partial charge in [0.2, 0.25) is 0 Å². The van der Waals surface area contributed by atoms with E-state index in [-0.39, 0.29) is 5.78 Å². The van der Waals surface area contributed by atoms with Crippen molar-refractivity contribution in [3.05, 3.63) is 65.8 Å². The highest BCUT2D eigenvalue weighted by atomic mass is 127. The van der Waals surface area contributed by atoms with Crippen molar-refractivity contribution < 1.29 is 4.79 Å². The van der Waals surface area contributed by atoms with Gasteiger partial charge in [0.05, 0.1) is 0 Å². The van der Waals surface area contributed by atoms with E-state index in [1.807, 2.05) is 50.2 Å². The van der Waals surface area contributed by atoms with Gasteiger partial charge in [0.15, 0.2) is 5.78 Å². The van der Waals surface area contributed by atoms with Gasteiger partial charge in [-0.25, -0.2) is 0 Å². The second-order valence-corrected chi connectivity index (χ2v) is 6.74. The van der Waals surface area contributed by atoms with Crippen molar-refractivity contribution >= 4 is 51.0 Å². The Kier molecular flexibility index (Phi) is 4.42. The molecular formula is C15H12I2O. The summed E-state index contributed by atoms with van der Waals surface area (Å²) >= 11 is 4.52. The molecule has 0 saturated carbocycles. The number of carbonyl (C=O) groups is 1. The Bertz CT molecular complexity index is 564. The number of carbonyl (C=O) groups excluding carboxylic acids is 1. The Morgan fingerprint density at radius 1 is 0.833 bits per heavy atom. The third-order valence-electron chi connectivity index (χ3n) is 2.87. The van der Waals surface area contributed by atoms with Crippen LogP contribution < -0.4 is 0 Å². The monoisotopic (exact) mass is 462 g/mol. The van der Waals surface area contributed by atoms with Gasteiger partial charge in [0.25, 0.3) is 0 Å². The fraction of sp³-hybridized carbons (Fsp3) is 0.133. The molecule has 0 aliphatic rings. The molecule has 0 N–H and O–H groups in total. The number of hydrogen-bond acceptors (Lipinski definition) is 1. The van der Waals surface area contributed by atoms with Crippen LogP contribution in [-0.2, 0) is 0 Å². The van der Waals surface area contributed by atoms with E-state index in [1.54, 1.807) is 0 Å². The fourth-order valence-electron chi connectivity index (χ4n) is 1.91. The lowest BCUT2D eigenvalue weighted by Crippen LogP contribution is -2.06. The second kappa shape index (κ2) is 5.69. The van der Waals surface area contributed by atoms with Gasteiger partial charge in [-0.3, -0.25) is 4.79 Å². The van der Waals surface area contributed by atoms with E-state index < -0.39 is 0 Å². The summed E-state index contributed by atoms with van der Waals surface area (Å²) in [4.78, 5) is 12.5. The molecule has 92 valence electrons. The summed E-state index contributed by atoms with van der Waals surface area (Å²) in [7, 11) is 0. The topological polar surface area (TPSA) is 17.1 Å². The highest BCUT2D eigenvalue weighted by molar-refractivity contribution is 14.1. The van der Waals surface area contributed by atoms with E-state index in [2.05, 4.69) is 45.2 Å². The van der Waals surface area contributed by atoms with Crippen molar-refractivity contribution in [1.29, 1.82) is 0 Å². The first kappa shape index (κ1) is 14.0. The molecule has 0 unspecified atom stereocenters. The average molecular weight is 462 g/mol. The van der Waals surface area contributed by atoms with Crippen molar-refractivity contribution in [2.75, 3.05) is 0 Å². The first-order valence-corrected chi connectivity index (χ1v) is 7.72. The zero-order valence-electron chi connectivity index (χ0n) is 10.1. The normalized spacial score (nSPS) is 10.4. The number of halogens is 2. The number of ketones is 1. The molecule has 0 atom stereocenters. The smallest absolute Gasteiger partial charge is 0.193 e. The summed E-state index contributed by atoms with van der Waals surface area (Å²) in [5.41, 5.74) is 3.65. The third kappa shape index (κ3) is 2.93. The second-order valence-electron chi connectivity index (χ2n) is 4.25. The summed E-state index contributed by atoms with van der Waals surface area (Å²) in [6, 6.07) is 11.9. The fourth-order valence-corrected chi connectivity index (χ4v) is 3.20. The minimum Gasteiger partial charge on any atom is -0.289 e. The lowest BCUT2D eigenvalue weighted by atomic mass is 9.96. The molecule has 0 radical (unpaired) electrons. The molecule has 0 spiro atoms. The Hall–Kier alpha value is -0.430. The maximum atomic E-state index is 12.5. The first-order valence-electron chi connectivity index (χ1n) is 5.56. The SMILES string of the molecule is Cc1cc(I)ccc1C(=O)c1ccc(I)cc1C. The van der Waals surface area contributed by atoms with Gasteiger partial charge in [-0.05, 0) is 107 Å². The third-order valence-corrected chi connectivity index (χ3v) is 4.21. The van der Waals surface area contributed by atoms with Crippen LogP contribution in [0.15, 0.2) is 36.4 Å². The molecule has 0 aliphatic carbocycles. The molecule has 0 amide bonds. The lowest BCUT2D eigenvalue weighted by molar-refractivity contribution is 0.103. The van der Waals surface area contributed by atoms with Gasteiger partial charge >= 0.3 is 0 Å². The number of benzene rings is 2. The van der Waals surface area contributed by atoms with Crippen LogP contribution >= 0.6 is 45.2 Å². The van der Waals surface area contributed by atoms with E-state index in [0.29, 0.717) is 0 Å². The highest BCUT2D eigenvalue weighted by Crippen LogP contribution is 2.20. The van der Waals surface area contributed by atoms with Crippen molar-refractivity contribution in [3.63, 3.8) is 0 Å². The molecule has 0 bridgehead atoms. The van der Waals surface area contributed by atoms with Crippen LogP contribution in [0.4, 0.5) is 0 Å². The van der Waals surface area contributed by atoms with E-state index in [4.69, 9.17) is 0 Å². The average Bonchev–Trinajstić information content (AvgIpc) is 2.28. The predicted octanol–water partition coefficient (Wildman–Crippen LogP) is 4.74. The van der Waals surface area contributed by atoms with Crippen LogP contribution in [0.5, 0.6) is 0 Å². The van der Waals surface area contributed by atoms with Crippen molar-refractivity contribution in [2.24, 2.45) is 0 Å². The molecule has 0 heterocycles. The van der Waals surface area contributed by atoms with Crippen molar-refractivity contribution in [2.45, 2.75) is 13.8 Å². The van der Waals surface area contributed by atoms with E-state index in [9.17, 15) is 4.79 Å². The van der Waals surface area contributed by atoms with E-state index in [1.165, 1.54) is 0 Å². The molecule has 18 heavy (non-hydrogen) atoms. The molecule has 2 aromatic carbocycles. The van der Waals surface area contributed by atoms with E-state index >= 15 is 0 Å². The van der Waals surface area contributed by atoms with E-state index in [0.717, 1.165) is 29.4 Å². The summed E-state index contributed by atoms with van der Waals surface area (Å²) in [5, 5.41) is 0. The molecule has 2 rings (SSSR count). The molecule has 3 heteroatoms. The summed E-state index contributed by atoms with van der Waals surface area (Å²) in [6.07, 6.45) is 0. The van der Waals surface area contributed by atoms with Crippen LogP contribution in [0, 0.1) is 21.0 Å². The van der Waals surface area contributed by atoms with Crippen LogP contribution in [0.3, 0.4) is 0 Å². The van der Waals surface area contributed by atoms with Crippen molar-refractivity contribution in [3.8, 4) is 0 Å². The molecule has 1 nitrogen and oxygen atoms in total. The van der Waals surface area contributed by atoms with Gasteiger partial charge in [-0.2, -0.15) is 0 Å². The first-order chi connectivity index (χ1) is 8.49. The predicted molar refractivity (Wildman–Crippen MR) is 91.2 cm³/mol. The minimum atomic E-state index is 0.109.